The van der Waals surface area contributed by atoms with Crippen molar-refractivity contribution in [3.05, 3.63) is 22.3 Å². The summed E-state index contributed by atoms with van der Waals surface area (Å²) in [6, 6.07) is -1.02. The molecule has 0 aliphatic carbocycles. The van der Waals surface area contributed by atoms with Crippen LogP contribution < -0.4 is 5.32 Å². The molecule has 1 unspecified atom stereocenters. The number of carboxylic acid groups (broad SMARTS) is 1. The van der Waals surface area contributed by atoms with E-state index in [2.05, 4.69) is 25.7 Å². The molecule has 1 rings (SSSR count). The van der Waals surface area contributed by atoms with Crippen molar-refractivity contribution >= 4 is 5.97 Å². The van der Waals surface area contributed by atoms with Gasteiger partial charge in [0.05, 0.1) is 19.3 Å². The largest absolute Gasteiger partial charge is 0.480 e. The van der Waals surface area contributed by atoms with Crippen LogP contribution in [0.2, 0.25) is 0 Å². The SMILES string of the molecule is [N-]=[N+]=NCCNC(C(=O)O)c1cn(CCO)nn1. The molecular weight excluding hydrogens is 242 g/mol. The van der Waals surface area contributed by atoms with Crippen molar-refractivity contribution in [1.29, 1.82) is 0 Å². The summed E-state index contributed by atoms with van der Waals surface area (Å²) < 4.78 is 1.35. The number of carbonyl (C=O) groups is 1. The van der Waals surface area contributed by atoms with Gasteiger partial charge in [-0.2, -0.15) is 0 Å². The van der Waals surface area contributed by atoms with Crippen LogP contribution in [0, 0.1) is 0 Å². The highest BCUT2D eigenvalue weighted by Gasteiger charge is 2.22. The fourth-order valence-corrected chi connectivity index (χ4v) is 1.28. The standard InChI is InChI=1S/C8H13N7O3/c9-13-11-2-1-10-7(8(17)18)6-5-15(3-4-16)14-12-6/h5,7,10,16H,1-4H2,(H,17,18). The van der Waals surface area contributed by atoms with Crippen LogP contribution in [0.3, 0.4) is 0 Å². The van der Waals surface area contributed by atoms with Crippen molar-refractivity contribution in [3.63, 3.8) is 0 Å². The normalized spacial score (nSPS) is 11.8. The number of nitrogens with one attached hydrogen (secondary N) is 1. The van der Waals surface area contributed by atoms with Gasteiger partial charge >= 0.3 is 5.97 Å². The van der Waals surface area contributed by atoms with E-state index in [1.165, 1.54) is 10.9 Å². The molecule has 10 nitrogen and oxygen atoms in total. The maximum absolute atomic E-state index is 11.0. The van der Waals surface area contributed by atoms with E-state index < -0.39 is 12.0 Å². The van der Waals surface area contributed by atoms with Crippen LogP contribution in [0.25, 0.3) is 10.4 Å². The molecule has 0 aliphatic heterocycles. The third-order valence-corrected chi connectivity index (χ3v) is 2.05. The number of aromatic nitrogens is 3. The molecule has 0 radical (unpaired) electrons. The van der Waals surface area contributed by atoms with Gasteiger partial charge < -0.3 is 10.2 Å². The summed E-state index contributed by atoms with van der Waals surface area (Å²) >= 11 is 0. The number of carboxylic acids is 1. The molecule has 0 bridgehead atoms. The van der Waals surface area contributed by atoms with Crippen LogP contribution >= 0.6 is 0 Å². The molecular formula is C8H13N7O3. The molecule has 1 aromatic heterocycles. The minimum Gasteiger partial charge on any atom is -0.480 e. The van der Waals surface area contributed by atoms with Crippen LogP contribution in [-0.4, -0.2) is 50.9 Å². The Labute approximate surface area is 102 Å². The molecule has 0 saturated heterocycles. The Hall–Kier alpha value is -2.16. The predicted molar refractivity (Wildman–Crippen MR) is 59.5 cm³/mol. The minimum atomic E-state index is -1.10. The van der Waals surface area contributed by atoms with Gasteiger partial charge in [0.1, 0.15) is 5.69 Å². The lowest BCUT2D eigenvalue weighted by molar-refractivity contribution is -0.139. The second-order valence-electron chi connectivity index (χ2n) is 3.31. The van der Waals surface area contributed by atoms with E-state index in [-0.39, 0.29) is 31.9 Å². The van der Waals surface area contributed by atoms with Crippen molar-refractivity contribution in [2.75, 3.05) is 19.7 Å². The number of aliphatic hydroxyl groups is 1. The summed E-state index contributed by atoms with van der Waals surface area (Å²) in [5, 5.41) is 31.1. The Morgan fingerprint density at radius 2 is 2.50 bits per heavy atom. The minimum absolute atomic E-state index is 0.106. The fourth-order valence-electron chi connectivity index (χ4n) is 1.28. The molecule has 0 fully saturated rings. The van der Waals surface area contributed by atoms with Gasteiger partial charge in [-0.1, -0.05) is 10.3 Å². The van der Waals surface area contributed by atoms with Crippen LogP contribution in [-0.2, 0) is 11.3 Å². The first-order chi connectivity index (χ1) is 8.69. The van der Waals surface area contributed by atoms with Crippen LogP contribution in [0.4, 0.5) is 0 Å². The second kappa shape index (κ2) is 7.22. The first-order valence-electron chi connectivity index (χ1n) is 5.17. The monoisotopic (exact) mass is 255 g/mol. The number of rotatable bonds is 8. The zero-order chi connectivity index (χ0) is 13.4. The van der Waals surface area contributed by atoms with Crippen molar-refractivity contribution in [2.45, 2.75) is 12.6 Å². The first-order valence-corrected chi connectivity index (χ1v) is 5.17. The summed E-state index contributed by atoms with van der Waals surface area (Å²) in [4.78, 5) is 13.6. The molecule has 18 heavy (non-hydrogen) atoms. The molecule has 0 saturated carbocycles. The number of hydrogen-bond donors (Lipinski definition) is 3. The van der Waals surface area contributed by atoms with Gasteiger partial charge in [-0.3, -0.25) is 10.1 Å². The lowest BCUT2D eigenvalue weighted by Gasteiger charge is -2.09. The van der Waals surface area contributed by atoms with Gasteiger partial charge in [0.2, 0.25) is 0 Å². The van der Waals surface area contributed by atoms with E-state index in [1.54, 1.807) is 0 Å². The van der Waals surface area contributed by atoms with Crippen molar-refractivity contribution in [1.82, 2.24) is 20.3 Å². The van der Waals surface area contributed by atoms with Gasteiger partial charge in [0.15, 0.2) is 6.04 Å². The van der Waals surface area contributed by atoms with Gasteiger partial charge in [-0.05, 0) is 5.53 Å². The highest BCUT2D eigenvalue weighted by Crippen LogP contribution is 2.08. The average molecular weight is 255 g/mol. The molecule has 3 N–H and O–H groups in total. The highest BCUT2D eigenvalue weighted by atomic mass is 16.4. The van der Waals surface area contributed by atoms with Gasteiger partial charge in [-0.25, -0.2) is 4.68 Å². The van der Waals surface area contributed by atoms with Crippen LogP contribution in [0.5, 0.6) is 0 Å². The second-order valence-corrected chi connectivity index (χ2v) is 3.31. The van der Waals surface area contributed by atoms with Crippen molar-refractivity contribution < 1.29 is 15.0 Å². The molecule has 0 aliphatic rings. The Kier molecular flexibility index (Phi) is 5.58. The summed E-state index contributed by atoms with van der Waals surface area (Å²) in [5.41, 5.74) is 8.32. The Bertz CT molecular complexity index is 440. The average Bonchev–Trinajstić information content (AvgIpc) is 2.77. The number of aliphatic hydroxyl groups excluding tert-OH is 1. The van der Waals surface area contributed by atoms with E-state index in [4.69, 9.17) is 15.7 Å². The van der Waals surface area contributed by atoms with E-state index in [1.807, 2.05) is 0 Å². The number of aliphatic carboxylic acids is 1. The van der Waals surface area contributed by atoms with Crippen molar-refractivity contribution in [3.8, 4) is 0 Å². The molecule has 1 atom stereocenters. The van der Waals surface area contributed by atoms with Crippen molar-refractivity contribution in [2.24, 2.45) is 5.11 Å². The van der Waals surface area contributed by atoms with Gasteiger partial charge in [0, 0.05) is 18.0 Å². The van der Waals surface area contributed by atoms with E-state index in [9.17, 15) is 4.79 Å². The Morgan fingerprint density at radius 3 is 3.11 bits per heavy atom. The highest BCUT2D eigenvalue weighted by molar-refractivity contribution is 5.74. The zero-order valence-electron chi connectivity index (χ0n) is 9.47. The predicted octanol–water partition coefficient (Wildman–Crippen LogP) is -0.704. The van der Waals surface area contributed by atoms with E-state index in [0.717, 1.165) is 0 Å². The quantitative estimate of drug-likeness (QED) is 0.242. The third-order valence-electron chi connectivity index (χ3n) is 2.05. The van der Waals surface area contributed by atoms with Crippen LogP contribution in [0.1, 0.15) is 11.7 Å². The molecule has 10 heteroatoms. The van der Waals surface area contributed by atoms with Gasteiger partial charge in [0.25, 0.3) is 0 Å². The third kappa shape index (κ3) is 4.01. The van der Waals surface area contributed by atoms with Crippen LogP contribution in [0.15, 0.2) is 11.3 Å². The lowest BCUT2D eigenvalue weighted by atomic mass is 10.2. The van der Waals surface area contributed by atoms with E-state index in [0.29, 0.717) is 0 Å². The molecule has 0 amide bonds. The topological polar surface area (TPSA) is 149 Å². The molecule has 1 aromatic rings. The summed E-state index contributed by atoms with van der Waals surface area (Å²) in [6.45, 7) is 0.502. The molecule has 0 aromatic carbocycles. The van der Waals surface area contributed by atoms with Gasteiger partial charge in [-0.15, -0.1) is 5.10 Å². The smallest absolute Gasteiger partial charge is 0.327 e. The Balaban J connectivity index is 2.64. The maximum atomic E-state index is 11.0. The molecule has 98 valence electrons. The lowest BCUT2D eigenvalue weighted by Crippen LogP contribution is -2.30. The molecule has 1 heterocycles. The number of hydrogen-bond acceptors (Lipinski definition) is 6. The Morgan fingerprint density at radius 1 is 1.72 bits per heavy atom. The number of nitrogens with zero attached hydrogens (tertiary/aromatic N) is 6. The zero-order valence-corrected chi connectivity index (χ0v) is 9.47. The number of azide groups is 1. The van der Waals surface area contributed by atoms with E-state index >= 15 is 0 Å². The molecule has 0 spiro atoms. The first kappa shape index (κ1) is 13.9. The maximum Gasteiger partial charge on any atom is 0.327 e. The fraction of sp³-hybridized carbons (Fsp3) is 0.625. The summed E-state index contributed by atoms with van der Waals surface area (Å²) in [7, 11) is 0. The summed E-state index contributed by atoms with van der Waals surface area (Å²) in [5.74, 6) is -1.10. The summed E-state index contributed by atoms with van der Waals surface area (Å²) in [6.07, 6.45) is 1.44.